The normalized spacial score (nSPS) is 29.2. The van der Waals surface area contributed by atoms with Crippen molar-refractivity contribution in [2.75, 3.05) is 13.1 Å². The first-order chi connectivity index (χ1) is 5.52. The fourth-order valence-electron chi connectivity index (χ4n) is 2.18. The SMILES string of the molecule is CC(C)CC(C)(O)C1CCNC1. The second-order valence-electron chi connectivity index (χ2n) is 4.64. The number of nitrogens with one attached hydrogen (secondary N) is 1. The Hall–Kier alpha value is -0.0800. The zero-order valence-electron chi connectivity index (χ0n) is 8.43. The van der Waals surface area contributed by atoms with Crippen LogP contribution >= 0.6 is 0 Å². The molecular formula is C10H21NO. The molecule has 2 heteroatoms. The predicted molar refractivity (Wildman–Crippen MR) is 51.1 cm³/mol. The molecule has 72 valence electrons. The minimum absolute atomic E-state index is 0.458. The molecule has 1 fully saturated rings. The quantitative estimate of drug-likeness (QED) is 0.672. The Labute approximate surface area is 75.4 Å². The molecule has 0 aliphatic carbocycles. The van der Waals surface area contributed by atoms with Crippen molar-refractivity contribution < 1.29 is 5.11 Å². The Kier molecular flexibility index (Phi) is 3.13. The van der Waals surface area contributed by atoms with Gasteiger partial charge in [-0.2, -0.15) is 0 Å². The smallest absolute Gasteiger partial charge is 0.0662 e. The lowest BCUT2D eigenvalue weighted by atomic mass is 9.82. The fraction of sp³-hybridized carbons (Fsp3) is 1.00. The molecule has 0 spiro atoms. The van der Waals surface area contributed by atoms with Gasteiger partial charge in [-0.25, -0.2) is 0 Å². The summed E-state index contributed by atoms with van der Waals surface area (Å²) in [6, 6.07) is 0. The van der Waals surface area contributed by atoms with E-state index < -0.39 is 5.60 Å². The zero-order chi connectivity index (χ0) is 9.19. The van der Waals surface area contributed by atoms with E-state index >= 15 is 0 Å². The molecule has 0 saturated carbocycles. The number of rotatable bonds is 3. The van der Waals surface area contributed by atoms with E-state index in [1.165, 1.54) is 0 Å². The van der Waals surface area contributed by atoms with E-state index in [1.807, 2.05) is 6.92 Å². The van der Waals surface area contributed by atoms with E-state index in [1.54, 1.807) is 0 Å². The van der Waals surface area contributed by atoms with Crippen LogP contribution in [0.15, 0.2) is 0 Å². The molecular weight excluding hydrogens is 150 g/mol. The molecule has 12 heavy (non-hydrogen) atoms. The van der Waals surface area contributed by atoms with Crippen LogP contribution in [0.25, 0.3) is 0 Å². The van der Waals surface area contributed by atoms with Gasteiger partial charge in [0.2, 0.25) is 0 Å². The first-order valence-electron chi connectivity index (χ1n) is 4.95. The Balaban J connectivity index is 2.45. The molecule has 1 rings (SSSR count). The van der Waals surface area contributed by atoms with Crippen LogP contribution in [-0.4, -0.2) is 23.8 Å². The Morgan fingerprint density at radius 1 is 1.58 bits per heavy atom. The lowest BCUT2D eigenvalue weighted by molar-refractivity contribution is -0.0115. The average molecular weight is 171 g/mol. The maximum atomic E-state index is 10.1. The zero-order valence-corrected chi connectivity index (χ0v) is 8.43. The molecule has 1 heterocycles. The lowest BCUT2D eigenvalue weighted by Gasteiger charge is -2.31. The predicted octanol–water partition coefficient (Wildman–Crippen LogP) is 1.39. The van der Waals surface area contributed by atoms with E-state index in [0.717, 1.165) is 25.9 Å². The van der Waals surface area contributed by atoms with Crippen LogP contribution in [-0.2, 0) is 0 Å². The van der Waals surface area contributed by atoms with Crippen molar-refractivity contribution in [3.8, 4) is 0 Å². The van der Waals surface area contributed by atoms with Gasteiger partial charge in [-0.05, 0) is 32.2 Å². The molecule has 0 aromatic rings. The largest absolute Gasteiger partial charge is 0.390 e. The van der Waals surface area contributed by atoms with E-state index in [-0.39, 0.29) is 0 Å². The average Bonchev–Trinajstić information content (AvgIpc) is 2.32. The van der Waals surface area contributed by atoms with Gasteiger partial charge < -0.3 is 10.4 Å². The molecule has 0 bridgehead atoms. The maximum absolute atomic E-state index is 10.1. The molecule has 1 aliphatic heterocycles. The van der Waals surface area contributed by atoms with Crippen molar-refractivity contribution in [2.45, 2.75) is 39.2 Å². The van der Waals surface area contributed by atoms with Crippen LogP contribution < -0.4 is 5.32 Å². The van der Waals surface area contributed by atoms with Gasteiger partial charge in [0.25, 0.3) is 0 Å². The van der Waals surface area contributed by atoms with Crippen LogP contribution in [0.3, 0.4) is 0 Å². The van der Waals surface area contributed by atoms with Crippen LogP contribution in [0.1, 0.15) is 33.6 Å². The molecule has 0 aromatic carbocycles. The molecule has 0 radical (unpaired) electrons. The summed E-state index contributed by atoms with van der Waals surface area (Å²) in [5, 5.41) is 13.4. The minimum Gasteiger partial charge on any atom is -0.390 e. The van der Waals surface area contributed by atoms with E-state index in [9.17, 15) is 5.11 Å². The number of hydrogen-bond donors (Lipinski definition) is 2. The molecule has 2 N–H and O–H groups in total. The van der Waals surface area contributed by atoms with Crippen LogP contribution in [0.2, 0.25) is 0 Å². The van der Waals surface area contributed by atoms with Crippen molar-refractivity contribution in [3.05, 3.63) is 0 Å². The van der Waals surface area contributed by atoms with Gasteiger partial charge in [-0.15, -0.1) is 0 Å². The summed E-state index contributed by atoms with van der Waals surface area (Å²) in [5.41, 5.74) is -0.461. The Bertz CT molecular complexity index is 137. The van der Waals surface area contributed by atoms with Crippen molar-refractivity contribution in [2.24, 2.45) is 11.8 Å². The van der Waals surface area contributed by atoms with Gasteiger partial charge >= 0.3 is 0 Å². The van der Waals surface area contributed by atoms with Gasteiger partial charge in [0.05, 0.1) is 5.60 Å². The first-order valence-corrected chi connectivity index (χ1v) is 4.95. The van der Waals surface area contributed by atoms with Crippen molar-refractivity contribution in [3.63, 3.8) is 0 Å². The van der Waals surface area contributed by atoms with Crippen molar-refractivity contribution in [1.29, 1.82) is 0 Å². The highest BCUT2D eigenvalue weighted by atomic mass is 16.3. The first kappa shape index (κ1) is 10.0. The highest BCUT2D eigenvalue weighted by Crippen LogP contribution is 2.28. The van der Waals surface area contributed by atoms with Crippen LogP contribution in [0.4, 0.5) is 0 Å². The van der Waals surface area contributed by atoms with Crippen molar-refractivity contribution in [1.82, 2.24) is 5.32 Å². The van der Waals surface area contributed by atoms with Gasteiger partial charge in [-0.1, -0.05) is 13.8 Å². The summed E-state index contributed by atoms with van der Waals surface area (Å²) in [6.45, 7) is 8.36. The fourth-order valence-corrected chi connectivity index (χ4v) is 2.18. The second-order valence-corrected chi connectivity index (χ2v) is 4.64. The van der Waals surface area contributed by atoms with Crippen molar-refractivity contribution >= 4 is 0 Å². The summed E-state index contributed by atoms with van der Waals surface area (Å²) in [5.74, 6) is 1.04. The summed E-state index contributed by atoms with van der Waals surface area (Å²) < 4.78 is 0. The van der Waals surface area contributed by atoms with E-state index in [0.29, 0.717) is 11.8 Å². The molecule has 0 aromatic heterocycles. The molecule has 0 amide bonds. The summed E-state index contributed by atoms with van der Waals surface area (Å²) >= 11 is 0. The standard InChI is InChI=1S/C10H21NO/c1-8(2)6-10(3,12)9-4-5-11-7-9/h8-9,11-12H,4-7H2,1-3H3. The Morgan fingerprint density at radius 2 is 2.25 bits per heavy atom. The lowest BCUT2D eigenvalue weighted by Crippen LogP contribution is -2.37. The number of aliphatic hydroxyl groups is 1. The molecule has 1 aliphatic rings. The third-order valence-electron chi connectivity index (χ3n) is 2.76. The maximum Gasteiger partial charge on any atom is 0.0662 e. The third kappa shape index (κ3) is 2.46. The summed E-state index contributed by atoms with van der Waals surface area (Å²) in [7, 11) is 0. The topological polar surface area (TPSA) is 32.3 Å². The Morgan fingerprint density at radius 3 is 2.67 bits per heavy atom. The molecule has 2 unspecified atom stereocenters. The van der Waals surface area contributed by atoms with Gasteiger partial charge in [0, 0.05) is 12.5 Å². The highest BCUT2D eigenvalue weighted by molar-refractivity contribution is 4.88. The molecule has 2 atom stereocenters. The van der Waals surface area contributed by atoms with Gasteiger partial charge in [0.15, 0.2) is 0 Å². The van der Waals surface area contributed by atoms with Gasteiger partial charge in [-0.3, -0.25) is 0 Å². The van der Waals surface area contributed by atoms with E-state index in [4.69, 9.17) is 0 Å². The van der Waals surface area contributed by atoms with Crippen LogP contribution in [0, 0.1) is 11.8 Å². The number of hydrogen-bond acceptors (Lipinski definition) is 2. The second kappa shape index (κ2) is 3.75. The van der Waals surface area contributed by atoms with Gasteiger partial charge in [0.1, 0.15) is 0 Å². The summed E-state index contributed by atoms with van der Waals surface area (Å²) in [4.78, 5) is 0. The molecule has 1 saturated heterocycles. The summed E-state index contributed by atoms with van der Waals surface area (Å²) in [6.07, 6.45) is 2.04. The third-order valence-corrected chi connectivity index (χ3v) is 2.76. The minimum atomic E-state index is -0.461. The van der Waals surface area contributed by atoms with Crippen LogP contribution in [0.5, 0.6) is 0 Å². The molecule has 2 nitrogen and oxygen atoms in total. The monoisotopic (exact) mass is 171 g/mol. The highest BCUT2D eigenvalue weighted by Gasteiger charge is 2.34. The van der Waals surface area contributed by atoms with E-state index in [2.05, 4.69) is 19.2 Å².